The van der Waals surface area contributed by atoms with Gasteiger partial charge in [-0.05, 0) is 74.6 Å². The molecule has 1 atom stereocenters. The lowest BCUT2D eigenvalue weighted by Gasteiger charge is -2.36. The fourth-order valence-electron chi connectivity index (χ4n) is 4.02. The van der Waals surface area contributed by atoms with Crippen LogP contribution in [0.1, 0.15) is 42.3 Å². The standard InChI is InChI=1S/C21H20ClFN2S/c1-13-12-14(5-10-17(13)22)21(2)11-3-4-18-19(21)25(20(26)24-18)16-8-6-15(23)7-9-16/h5-10,12H,3-4,11H2,1-2H3,(H,24,26). The summed E-state index contributed by atoms with van der Waals surface area (Å²) in [7, 11) is 0. The molecule has 5 heteroatoms. The third-order valence-electron chi connectivity index (χ3n) is 5.42. The van der Waals surface area contributed by atoms with Gasteiger partial charge in [-0.3, -0.25) is 4.57 Å². The Bertz CT molecular complexity index is 980. The van der Waals surface area contributed by atoms with E-state index in [9.17, 15) is 4.39 Å². The lowest BCUT2D eigenvalue weighted by molar-refractivity contribution is 0.442. The number of halogens is 2. The third kappa shape index (κ3) is 2.76. The van der Waals surface area contributed by atoms with Gasteiger partial charge in [0, 0.05) is 16.1 Å². The van der Waals surface area contributed by atoms with Crippen molar-refractivity contribution in [2.75, 3.05) is 0 Å². The monoisotopic (exact) mass is 386 g/mol. The highest BCUT2D eigenvalue weighted by atomic mass is 35.5. The maximum Gasteiger partial charge on any atom is 0.169 e. The summed E-state index contributed by atoms with van der Waals surface area (Å²) in [4.78, 5) is 4.72. The number of nitrogens with zero attached hydrogens (tertiary/aromatic N) is 2. The summed E-state index contributed by atoms with van der Waals surface area (Å²) in [6.45, 7) is 4.28. The molecule has 2 aromatic carbocycles. The van der Waals surface area contributed by atoms with Crippen LogP contribution in [0.3, 0.4) is 0 Å². The first-order valence-electron chi connectivity index (χ1n) is 8.74. The maximum atomic E-state index is 13.4. The van der Waals surface area contributed by atoms with Crippen molar-refractivity contribution >= 4 is 24.2 Å². The van der Waals surface area contributed by atoms with Crippen molar-refractivity contribution in [1.29, 1.82) is 0 Å². The van der Waals surface area contributed by atoms with E-state index in [1.807, 2.05) is 13.0 Å². The van der Waals surface area contributed by atoms with Gasteiger partial charge in [0.1, 0.15) is 5.82 Å². The van der Waals surface area contributed by atoms with Crippen molar-refractivity contribution in [3.8, 4) is 5.69 Å². The highest BCUT2D eigenvalue weighted by Crippen LogP contribution is 2.44. The van der Waals surface area contributed by atoms with E-state index < -0.39 is 0 Å². The predicted octanol–water partition coefficient (Wildman–Crippen LogP) is 5.90. The smallest absolute Gasteiger partial charge is 0.169 e. The van der Waals surface area contributed by atoms with Crippen LogP contribution in [0.5, 0.6) is 0 Å². The molecule has 0 fully saturated rings. The first kappa shape index (κ1) is 17.6. The van der Waals surface area contributed by atoms with Crippen LogP contribution in [-0.2, 0) is 11.8 Å². The Morgan fingerprint density at radius 1 is 1.19 bits per heavy atom. The minimum absolute atomic E-state index is 0.203. The summed E-state index contributed by atoms with van der Waals surface area (Å²) in [6, 6.07) is 12.7. The SMILES string of the molecule is Cc1cc(C2(C)CCCc3nc(S)n(-c4ccc(F)cc4)c32)ccc1Cl. The summed E-state index contributed by atoms with van der Waals surface area (Å²) >= 11 is 10.9. The molecule has 1 aliphatic rings. The van der Waals surface area contributed by atoms with Gasteiger partial charge in [-0.25, -0.2) is 9.37 Å². The summed E-state index contributed by atoms with van der Waals surface area (Å²) in [6.07, 6.45) is 3.01. The summed E-state index contributed by atoms with van der Waals surface area (Å²) < 4.78 is 15.5. The average Bonchev–Trinajstić information content (AvgIpc) is 2.95. The molecule has 0 radical (unpaired) electrons. The number of rotatable bonds is 2. The van der Waals surface area contributed by atoms with Gasteiger partial charge in [-0.2, -0.15) is 0 Å². The average molecular weight is 387 g/mol. The molecule has 4 rings (SSSR count). The van der Waals surface area contributed by atoms with Crippen LogP contribution in [0.15, 0.2) is 47.6 Å². The molecule has 1 unspecified atom stereocenters. The molecule has 0 bridgehead atoms. The van der Waals surface area contributed by atoms with Crippen LogP contribution in [0.25, 0.3) is 5.69 Å². The van der Waals surface area contributed by atoms with Crippen molar-refractivity contribution in [3.63, 3.8) is 0 Å². The zero-order chi connectivity index (χ0) is 18.5. The van der Waals surface area contributed by atoms with E-state index in [4.69, 9.17) is 16.6 Å². The van der Waals surface area contributed by atoms with Gasteiger partial charge in [0.2, 0.25) is 0 Å². The molecule has 1 aromatic heterocycles. The number of fused-ring (bicyclic) bond motifs is 1. The van der Waals surface area contributed by atoms with Gasteiger partial charge in [0.15, 0.2) is 5.16 Å². The molecular weight excluding hydrogens is 367 g/mol. The van der Waals surface area contributed by atoms with Crippen molar-refractivity contribution in [1.82, 2.24) is 9.55 Å². The number of aryl methyl sites for hydroxylation is 2. The fourth-order valence-corrected chi connectivity index (χ4v) is 4.48. The second-order valence-corrected chi connectivity index (χ2v) is 7.98. The van der Waals surface area contributed by atoms with Crippen LogP contribution in [0.2, 0.25) is 5.02 Å². The normalized spacial score (nSPS) is 19.4. The maximum absolute atomic E-state index is 13.4. The molecule has 134 valence electrons. The minimum atomic E-state index is -0.250. The van der Waals surface area contributed by atoms with E-state index in [2.05, 4.69) is 36.3 Å². The van der Waals surface area contributed by atoms with Crippen LogP contribution >= 0.6 is 24.2 Å². The molecule has 0 spiro atoms. The first-order valence-corrected chi connectivity index (χ1v) is 9.56. The topological polar surface area (TPSA) is 17.8 Å². The van der Waals surface area contributed by atoms with E-state index >= 15 is 0 Å². The van der Waals surface area contributed by atoms with Crippen molar-refractivity contribution in [3.05, 3.63) is 75.8 Å². The molecule has 0 saturated carbocycles. The van der Waals surface area contributed by atoms with Gasteiger partial charge in [-0.15, -0.1) is 12.6 Å². The molecule has 0 amide bonds. The summed E-state index contributed by atoms with van der Waals surface area (Å²) in [5, 5.41) is 1.41. The molecule has 0 aliphatic heterocycles. The summed E-state index contributed by atoms with van der Waals surface area (Å²) in [5.41, 5.74) is 5.17. The largest absolute Gasteiger partial charge is 0.291 e. The Balaban J connectivity index is 1.95. The van der Waals surface area contributed by atoms with Gasteiger partial charge in [0.25, 0.3) is 0 Å². The fraction of sp³-hybridized carbons (Fsp3) is 0.286. The Hall–Kier alpha value is -1.78. The zero-order valence-corrected chi connectivity index (χ0v) is 16.4. The Kier molecular flexibility index (Phi) is 4.36. The van der Waals surface area contributed by atoms with Gasteiger partial charge >= 0.3 is 0 Å². The van der Waals surface area contributed by atoms with E-state index in [1.165, 1.54) is 17.7 Å². The van der Waals surface area contributed by atoms with E-state index in [1.54, 1.807) is 12.1 Å². The summed E-state index contributed by atoms with van der Waals surface area (Å²) in [5.74, 6) is -0.250. The van der Waals surface area contributed by atoms with Crippen LogP contribution < -0.4 is 0 Å². The Morgan fingerprint density at radius 3 is 2.62 bits per heavy atom. The molecular formula is C21H20ClFN2S. The molecule has 26 heavy (non-hydrogen) atoms. The van der Waals surface area contributed by atoms with Gasteiger partial charge in [0.05, 0.1) is 11.4 Å². The Labute approximate surface area is 163 Å². The number of hydrogen-bond acceptors (Lipinski definition) is 2. The molecule has 0 saturated heterocycles. The first-order chi connectivity index (χ1) is 12.4. The number of imidazole rings is 1. The predicted molar refractivity (Wildman–Crippen MR) is 106 cm³/mol. The molecule has 3 aromatic rings. The number of thiol groups is 1. The van der Waals surface area contributed by atoms with E-state index in [-0.39, 0.29) is 11.2 Å². The van der Waals surface area contributed by atoms with Crippen molar-refractivity contribution < 1.29 is 4.39 Å². The minimum Gasteiger partial charge on any atom is -0.291 e. The van der Waals surface area contributed by atoms with Gasteiger partial charge in [-0.1, -0.05) is 23.7 Å². The quantitative estimate of drug-likeness (QED) is 0.542. The second kappa shape index (κ2) is 6.43. The van der Waals surface area contributed by atoms with Crippen LogP contribution in [0.4, 0.5) is 4.39 Å². The van der Waals surface area contributed by atoms with Gasteiger partial charge < -0.3 is 0 Å². The highest BCUT2D eigenvalue weighted by molar-refractivity contribution is 7.80. The zero-order valence-electron chi connectivity index (χ0n) is 14.8. The van der Waals surface area contributed by atoms with Crippen molar-refractivity contribution in [2.24, 2.45) is 0 Å². The molecule has 2 nitrogen and oxygen atoms in total. The van der Waals surface area contributed by atoms with Crippen molar-refractivity contribution in [2.45, 2.75) is 43.7 Å². The molecule has 1 heterocycles. The van der Waals surface area contributed by atoms with E-state index in [0.717, 1.165) is 46.9 Å². The lowest BCUT2D eigenvalue weighted by atomic mass is 9.71. The lowest BCUT2D eigenvalue weighted by Crippen LogP contribution is -2.31. The second-order valence-electron chi connectivity index (χ2n) is 7.17. The molecule has 0 N–H and O–H groups in total. The van der Waals surface area contributed by atoms with E-state index in [0.29, 0.717) is 5.16 Å². The number of benzene rings is 2. The number of hydrogen-bond donors (Lipinski definition) is 1. The van der Waals surface area contributed by atoms with Crippen LogP contribution in [-0.4, -0.2) is 9.55 Å². The number of aromatic nitrogens is 2. The Morgan fingerprint density at radius 2 is 1.92 bits per heavy atom. The third-order valence-corrected chi connectivity index (χ3v) is 6.15. The highest BCUT2D eigenvalue weighted by Gasteiger charge is 2.39. The molecule has 1 aliphatic carbocycles. The van der Waals surface area contributed by atoms with Crippen LogP contribution in [0, 0.1) is 12.7 Å².